The Balaban J connectivity index is 1.18. The lowest BCUT2D eigenvalue weighted by molar-refractivity contribution is 0.660. The summed E-state index contributed by atoms with van der Waals surface area (Å²) >= 11 is 1.88. The molecular weight excluding hydrogens is 731 g/mol. The van der Waals surface area contributed by atoms with Gasteiger partial charge in [0.2, 0.25) is 0 Å². The summed E-state index contributed by atoms with van der Waals surface area (Å²) in [4.78, 5) is 2.48. The zero-order valence-corrected chi connectivity index (χ0v) is 33.9. The number of nitrogens with zero attached hydrogens (tertiary/aromatic N) is 1. The summed E-state index contributed by atoms with van der Waals surface area (Å²) in [6.45, 7) is 4.73. The molecular formula is C57H41NS. The number of hydrogen-bond acceptors (Lipinski definition) is 2. The first-order valence-electron chi connectivity index (χ1n) is 20.4. The SMILES string of the molecule is CC1(C)c2ccccc2-c2ccc(N(c3ccc(-c4ccccc4)cc3)c3ccccc3-c3ccc4sc5ccccc5c4c3-c3ccccc3-c3ccccc3)cc21. The fourth-order valence-electron chi connectivity index (χ4n) is 9.48. The Morgan fingerprint density at radius 2 is 0.932 bits per heavy atom. The van der Waals surface area contributed by atoms with Crippen LogP contribution in [-0.2, 0) is 5.41 Å². The van der Waals surface area contributed by atoms with Crippen molar-refractivity contribution in [3.05, 3.63) is 223 Å². The molecule has 0 N–H and O–H groups in total. The molecule has 0 saturated heterocycles. The molecule has 10 aromatic rings. The van der Waals surface area contributed by atoms with E-state index < -0.39 is 0 Å². The molecule has 0 atom stereocenters. The maximum atomic E-state index is 2.48. The van der Waals surface area contributed by atoms with Gasteiger partial charge in [-0.1, -0.05) is 184 Å². The Morgan fingerprint density at radius 3 is 1.71 bits per heavy atom. The van der Waals surface area contributed by atoms with Gasteiger partial charge in [-0.25, -0.2) is 0 Å². The van der Waals surface area contributed by atoms with Gasteiger partial charge in [0.05, 0.1) is 5.69 Å². The predicted octanol–water partition coefficient (Wildman–Crippen LogP) is 16.5. The number of para-hydroxylation sites is 1. The van der Waals surface area contributed by atoms with Crippen molar-refractivity contribution in [2.24, 2.45) is 0 Å². The van der Waals surface area contributed by atoms with Crippen LogP contribution in [0.4, 0.5) is 17.1 Å². The average Bonchev–Trinajstić information content (AvgIpc) is 3.79. The molecule has 1 heterocycles. The van der Waals surface area contributed by atoms with Gasteiger partial charge < -0.3 is 4.90 Å². The highest BCUT2D eigenvalue weighted by Gasteiger charge is 2.36. The monoisotopic (exact) mass is 771 g/mol. The number of hydrogen-bond donors (Lipinski definition) is 0. The van der Waals surface area contributed by atoms with Gasteiger partial charge in [-0.05, 0) is 104 Å². The van der Waals surface area contributed by atoms with Crippen molar-refractivity contribution in [2.75, 3.05) is 4.90 Å². The highest BCUT2D eigenvalue weighted by Crippen LogP contribution is 2.53. The van der Waals surface area contributed by atoms with Crippen LogP contribution in [0.2, 0.25) is 0 Å². The van der Waals surface area contributed by atoms with E-state index in [0.717, 1.165) is 17.1 Å². The van der Waals surface area contributed by atoms with Gasteiger partial charge >= 0.3 is 0 Å². The van der Waals surface area contributed by atoms with Crippen LogP contribution < -0.4 is 4.90 Å². The van der Waals surface area contributed by atoms with Crippen LogP contribution in [0.5, 0.6) is 0 Å². The molecule has 0 unspecified atom stereocenters. The first-order chi connectivity index (χ1) is 29.0. The summed E-state index contributed by atoms with van der Waals surface area (Å²) in [6.07, 6.45) is 0. The minimum Gasteiger partial charge on any atom is -0.310 e. The van der Waals surface area contributed by atoms with Gasteiger partial charge in [0.15, 0.2) is 0 Å². The maximum Gasteiger partial charge on any atom is 0.0540 e. The van der Waals surface area contributed by atoms with Crippen LogP contribution in [0.3, 0.4) is 0 Å². The molecule has 1 aliphatic rings. The molecule has 11 rings (SSSR count). The quantitative estimate of drug-likeness (QED) is 0.156. The molecule has 9 aromatic carbocycles. The summed E-state index contributed by atoms with van der Waals surface area (Å²) in [5.74, 6) is 0. The van der Waals surface area contributed by atoms with Crippen molar-refractivity contribution in [1.82, 2.24) is 0 Å². The van der Waals surface area contributed by atoms with Gasteiger partial charge in [0.1, 0.15) is 0 Å². The third-order valence-corrected chi connectivity index (χ3v) is 13.5. The third kappa shape index (κ3) is 5.82. The molecule has 2 heteroatoms. The lowest BCUT2D eigenvalue weighted by atomic mass is 9.82. The molecule has 1 aromatic heterocycles. The molecule has 0 radical (unpaired) electrons. The van der Waals surface area contributed by atoms with Gasteiger partial charge in [-0.3, -0.25) is 0 Å². The van der Waals surface area contributed by atoms with E-state index in [-0.39, 0.29) is 5.41 Å². The lowest BCUT2D eigenvalue weighted by Gasteiger charge is -2.30. The minimum atomic E-state index is -0.135. The first-order valence-corrected chi connectivity index (χ1v) is 21.2. The van der Waals surface area contributed by atoms with Crippen LogP contribution in [0.25, 0.3) is 75.8 Å². The summed E-state index contributed by atoms with van der Waals surface area (Å²) in [5, 5.41) is 2.59. The zero-order chi connectivity index (χ0) is 39.5. The van der Waals surface area contributed by atoms with E-state index in [1.807, 2.05) is 11.3 Å². The van der Waals surface area contributed by atoms with E-state index in [2.05, 4.69) is 231 Å². The largest absolute Gasteiger partial charge is 0.310 e. The highest BCUT2D eigenvalue weighted by molar-refractivity contribution is 7.26. The Hall–Kier alpha value is -7.00. The van der Waals surface area contributed by atoms with E-state index in [0.29, 0.717) is 0 Å². The summed E-state index contributed by atoms with van der Waals surface area (Å²) < 4.78 is 2.59. The molecule has 280 valence electrons. The smallest absolute Gasteiger partial charge is 0.0540 e. The number of benzene rings is 9. The summed E-state index contributed by atoms with van der Waals surface area (Å²) in [7, 11) is 0. The molecule has 0 spiro atoms. The Morgan fingerprint density at radius 1 is 0.373 bits per heavy atom. The lowest BCUT2D eigenvalue weighted by Crippen LogP contribution is -2.17. The Bertz CT molecular complexity index is 3170. The molecule has 59 heavy (non-hydrogen) atoms. The number of anilines is 3. The molecule has 0 saturated carbocycles. The van der Waals surface area contributed by atoms with Crippen molar-refractivity contribution in [1.29, 1.82) is 0 Å². The predicted molar refractivity (Wildman–Crippen MR) is 253 cm³/mol. The number of rotatable bonds is 7. The standard InChI is InChI=1S/C57H41NS/c1-57(2)50-26-14-11-22-44(50)45-34-33-42(37-51(45)57)58(41-31-29-39(30-32-41)38-17-5-3-6-18-38)52-27-15-12-23-46(52)48-35-36-54-56(49-25-13-16-28-53(49)59-54)55(48)47-24-10-9-21-43(47)40-19-7-4-8-20-40/h3-37H,1-2H3. The van der Waals surface area contributed by atoms with Crippen molar-refractivity contribution in [3.8, 4) is 55.6 Å². The third-order valence-electron chi connectivity index (χ3n) is 12.3. The van der Waals surface area contributed by atoms with Crippen LogP contribution in [-0.4, -0.2) is 0 Å². The fraction of sp³-hybridized carbons (Fsp3) is 0.0526. The van der Waals surface area contributed by atoms with E-state index in [9.17, 15) is 0 Å². The second kappa shape index (κ2) is 14.1. The van der Waals surface area contributed by atoms with E-state index in [4.69, 9.17) is 0 Å². The second-order valence-corrected chi connectivity index (χ2v) is 17.1. The number of thiophene rings is 1. The van der Waals surface area contributed by atoms with Gasteiger partial charge in [0.25, 0.3) is 0 Å². The van der Waals surface area contributed by atoms with Gasteiger partial charge in [-0.15, -0.1) is 11.3 Å². The second-order valence-electron chi connectivity index (χ2n) is 16.0. The average molecular weight is 772 g/mol. The maximum absolute atomic E-state index is 2.48. The first kappa shape index (κ1) is 35.2. The molecule has 0 bridgehead atoms. The van der Waals surface area contributed by atoms with E-state index in [1.165, 1.54) is 86.9 Å². The normalized spacial score (nSPS) is 12.7. The molecule has 1 aliphatic carbocycles. The molecule has 0 amide bonds. The van der Waals surface area contributed by atoms with Crippen molar-refractivity contribution in [3.63, 3.8) is 0 Å². The van der Waals surface area contributed by atoms with Crippen molar-refractivity contribution < 1.29 is 0 Å². The van der Waals surface area contributed by atoms with Crippen molar-refractivity contribution in [2.45, 2.75) is 19.3 Å². The fourth-order valence-corrected chi connectivity index (χ4v) is 10.6. The van der Waals surface area contributed by atoms with Gasteiger partial charge in [0, 0.05) is 42.5 Å². The molecule has 0 aliphatic heterocycles. The van der Waals surface area contributed by atoms with E-state index >= 15 is 0 Å². The number of fused-ring (bicyclic) bond motifs is 6. The minimum absolute atomic E-state index is 0.135. The van der Waals surface area contributed by atoms with Gasteiger partial charge in [-0.2, -0.15) is 0 Å². The van der Waals surface area contributed by atoms with Crippen LogP contribution in [0.1, 0.15) is 25.0 Å². The Kier molecular flexibility index (Phi) is 8.43. The van der Waals surface area contributed by atoms with Crippen molar-refractivity contribution >= 4 is 48.6 Å². The summed E-state index contributed by atoms with van der Waals surface area (Å²) in [5.41, 5.74) is 18.3. The molecule has 0 fully saturated rings. The highest BCUT2D eigenvalue weighted by atomic mass is 32.1. The van der Waals surface area contributed by atoms with Crippen LogP contribution in [0, 0.1) is 0 Å². The van der Waals surface area contributed by atoms with E-state index in [1.54, 1.807) is 0 Å². The zero-order valence-electron chi connectivity index (χ0n) is 33.1. The molecule has 1 nitrogen and oxygen atoms in total. The Labute approximate surface area is 350 Å². The van der Waals surface area contributed by atoms with Crippen LogP contribution in [0.15, 0.2) is 212 Å². The topological polar surface area (TPSA) is 3.24 Å². The van der Waals surface area contributed by atoms with Crippen LogP contribution >= 0.6 is 11.3 Å². The summed E-state index contributed by atoms with van der Waals surface area (Å²) in [6, 6.07) is 78.1.